The van der Waals surface area contributed by atoms with Crippen molar-refractivity contribution in [2.24, 2.45) is 10.8 Å². The molecule has 1 aromatic carbocycles. The minimum absolute atomic E-state index is 0.0302. The van der Waals surface area contributed by atoms with Gasteiger partial charge in [-0.05, 0) is 75.2 Å². The maximum absolute atomic E-state index is 5.40. The summed E-state index contributed by atoms with van der Waals surface area (Å²) in [5, 5.41) is 4.26. The molecule has 5 heteroatoms. The predicted molar refractivity (Wildman–Crippen MR) is 104 cm³/mol. The van der Waals surface area contributed by atoms with Gasteiger partial charge in [0.1, 0.15) is 0 Å². The summed E-state index contributed by atoms with van der Waals surface area (Å²) in [5.41, 5.74) is 14.2. The first-order valence-electron chi connectivity index (χ1n) is 7.97. The SMILES string of the molecule is CCCN1c2cc(C)c(/C=N\NC(N)=S)cc2C(C)=CC1(C)C. The molecule has 1 aliphatic heterocycles. The molecule has 0 atom stereocenters. The summed E-state index contributed by atoms with van der Waals surface area (Å²) in [6.45, 7) is 12.1. The van der Waals surface area contributed by atoms with Gasteiger partial charge in [-0.2, -0.15) is 5.10 Å². The maximum atomic E-state index is 5.40. The average Bonchev–Trinajstić information content (AvgIpc) is 2.43. The minimum atomic E-state index is 0.0302. The van der Waals surface area contributed by atoms with Crippen LogP contribution in [0.2, 0.25) is 0 Å². The second kappa shape index (κ2) is 6.71. The normalized spacial score (nSPS) is 16.2. The lowest BCUT2D eigenvalue weighted by Crippen LogP contribution is -2.45. The van der Waals surface area contributed by atoms with E-state index in [2.05, 4.69) is 68.3 Å². The van der Waals surface area contributed by atoms with Crippen LogP contribution < -0.4 is 16.1 Å². The number of allylic oxidation sites excluding steroid dienone is 1. The Morgan fingerprint density at radius 2 is 2.09 bits per heavy atom. The van der Waals surface area contributed by atoms with E-state index in [-0.39, 0.29) is 10.7 Å². The van der Waals surface area contributed by atoms with Crippen LogP contribution in [0.4, 0.5) is 5.69 Å². The molecular formula is C18H26N4S. The zero-order chi connectivity index (χ0) is 17.2. The minimum Gasteiger partial charge on any atom is -0.375 e. The van der Waals surface area contributed by atoms with E-state index >= 15 is 0 Å². The van der Waals surface area contributed by atoms with Gasteiger partial charge < -0.3 is 10.6 Å². The van der Waals surface area contributed by atoms with Crippen LogP contribution >= 0.6 is 12.2 Å². The Hall–Kier alpha value is -1.88. The van der Waals surface area contributed by atoms with Crippen LogP contribution in [0.3, 0.4) is 0 Å². The Balaban J connectivity index is 2.48. The van der Waals surface area contributed by atoms with Gasteiger partial charge in [-0.15, -0.1) is 0 Å². The van der Waals surface area contributed by atoms with Gasteiger partial charge in [0.15, 0.2) is 5.11 Å². The first-order chi connectivity index (χ1) is 10.8. The van der Waals surface area contributed by atoms with Crippen molar-refractivity contribution in [3.05, 3.63) is 34.9 Å². The standard InChI is InChI=1S/C18H26N4S/c1-6-7-22-16-8-12(2)14(11-20-21-17(19)23)9-15(16)13(3)10-18(22,4)5/h8-11H,6-7H2,1-5H3,(H3,19,21,23)/b20-11-. The van der Waals surface area contributed by atoms with E-state index in [4.69, 9.17) is 18.0 Å². The topological polar surface area (TPSA) is 53.6 Å². The van der Waals surface area contributed by atoms with E-state index in [1.807, 2.05) is 0 Å². The van der Waals surface area contributed by atoms with E-state index in [0.29, 0.717) is 0 Å². The molecule has 1 aromatic rings. The van der Waals surface area contributed by atoms with Gasteiger partial charge in [0.05, 0.1) is 11.8 Å². The molecule has 124 valence electrons. The molecule has 0 saturated carbocycles. The molecule has 23 heavy (non-hydrogen) atoms. The molecule has 0 aliphatic carbocycles. The fourth-order valence-corrected chi connectivity index (χ4v) is 3.23. The molecule has 4 nitrogen and oxygen atoms in total. The fraction of sp³-hybridized carbons (Fsp3) is 0.444. The Kier molecular flexibility index (Phi) is 5.09. The number of hydrogen-bond acceptors (Lipinski definition) is 3. The van der Waals surface area contributed by atoms with Crippen molar-refractivity contribution in [2.45, 2.75) is 46.6 Å². The predicted octanol–water partition coefficient (Wildman–Crippen LogP) is 3.57. The summed E-state index contributed by atoms with van der Waals surface area (Å²) in [6, 6.07) is 4.45. The average molecular weight is 331 g/mol. The van der Waals surface area contributed by atoms with E-state index in [9.17, 15) is 0 Å². The largest absolute Gasteiger partial charge is 0.375 e. The Morgan fingerprint density at radius 3 is 2.70 bits per heavy atom. The second-order valence-corrected chi connectivity index (χ2v) is 7.03. The highest BCUT2D eigenvalue weighted by Crippen LogP contribution is 2.40. The van der Waals surface area contributed by atoms with Crippen LogP contribution in [-0.4, -0.2) is 23.4 Å². The molecule has 3 N–H and O–H groups in total. The van der Waals surface area contributed by atoms with Gasteiger partial charge in [-0.1, -0.05) is 13.0 Å². The maximum Gasteiger partial charge on any atom is 0.184 e. The number of aryl methyl sites for hydroxylation is 1. The number of hydrazone groups is 1. The number of hydrogen-bond donors (Lipinski definition) is 2. The first-order valence-corrected chi connectivity index (χ1v) is 8.37. The van der Waals surface area contributed by atoms with Crippen molar-refractivity contribution >= 4 is 34.8 Å². The third kappa shape index (κ3) is 3.72. The van der Waals surface area contributed by atoms with Crippen LogP contribution in [0, 0.1) is 6.92 Å². The number of rotatable bonds is 4. The van der Waals surface area contributed by atoms with Crippen LogP contribution in [0.25, 0.3) is 5.57 Å². The van der Waals surface area contributed by atoms with Crippen LogP contribution in [0.5, 0.6) is 0 Å². The van der Waals surface area contributed by atoms with E-state index in [0.717, 1.165) is 18.5 Å². The van der Waals surface area contributed by atoms with Gasteiger partial charge in [0.25, 0.3) is 0 Å². The van der Waals surface area contributed by atoms with Gasteiger partial charge in [-0.3, -0.25) is 5.43 Å². The molecule has 0 fully saturated rings. The summed E-state index contributed by atoms with van der Waals surface area (Å²) in [4.78, 5) is 2.48. The lowest BCUT2D eigenvalue weighted by Gasteiger charge is -2.43. The Labute approximate surface area is 144 Å². The van der Waals surface area contributed by atoms with Gasteiger partial charge in [0, 0.05) is 17.8 Å². The molecule has 0 unspecified atom stereocenters. The zero-order valence-electron chi connectivity index (χ0n) is 14.6. The third-order valence-electron chi connectivity index (χ3n) is 4.19. The summed E-state index contributed by atoms with van der Waals surface area (Å²) in [6.07, 6.45) is 5.23. The summed E-state index contributed by atoms with van der Waals surface area (Å²) >= 11 is 4.77. The number of nitrogens with one attached hydrogen (secondary N) is 1. The summed E-state index contributed by atoms with van der Waals surface area (Å²) in [5.74, 6) is 0. The van der Waals surface area contributed by atoms with E-state index in [1.165, 1.54) is 22.4 Å². The molecule has 1 aliphatic rings. The first kappa shape index (κ1) is 17.5. The molecular weight excluding hydrogens is 304 g/mol. The van der Waals surface area contributed by atoms with Gasteiger partial charge in [-0.25, -0.2) is 0 Å². The fourth-order valence-electron chi connectivity index (χ4n) is 3.18. The van der Waals surface area contributed by atoms with Crippen LogP contribution in [-0.2, 0) is 0 Å². The highest BCUT2D eigenvalue weighted by molar-refractivity contribution is 7.80. The van der Waals surface area contributed by atoms with Crippen molar-refractivity contribution in [3.8, 4) is 0 Å². The van der Waals surface area contributed by atoms with Crippen molar-refractivity contribution in [1.82, 2.24) is 5.43 Å². The number of thiocarbonyl (C=S) groups is 1. The molecule has 2 rings (SSSR count). The van der Waals surface area contributed by atoms with Crippen LogP contribution in [0.1, 0.15) is 50.8 Å². The molecule has 0 bridgehead atoms. The van der Waals surface area contributed by atoms with E-state index < -0.39 is 0 Å². The third-order valence-corrected chi connectivity index (χ3v) is 4.28. The molecule has 0 saturated heterocycles. The highest BCUT2D eigenvalue weighted by atomic mass is 32.1. The monoisotopic (exact) mass is 330 g/mol. The van der Waals surface area contributed by atoms with Gasteiger partial charge >= 0.3 is 0 Å². The Morgan fingerprint density at radius 1 is 1.39 bits per heavy atom. The lowest BCUT2D eigenvalue weighted by molar-refractivity contribution is 0.550. The van der Waals surface area contributed by atoms with Gasteiger partial charge in [0.2, 0.25) is 0 Å². The molecule has 0 amide bonds. The number of fused-ring (bicyclic) bond motifs is 1. The quantitative estimate of drug-likeness (QED) is 0.503. The van der Waals surface area contributed by atoms with Crippen molar-refractivity contribution in [1.29, 1.82) is 0 Å². The lowest BCUT2D eigenvalue weighted by atomic mass is 9.87. The smallest absolute Gasteiger partial charge is 0.184 e. The Bertz CT molecular complexity index is 674. The van der Waals surface area contributed by atoms with Crippen molar-refractivity contribution in [3.63, 3.8) is 0 Å². The molecule has 0 radical (unpaired) electrons. The van der Waals surface area contributed by atoms with E-state index in [1.54, 1.807) is 6.21 Å². The summed E-state index contributed by atoms with van der Waals surface area (Å²) < 4.78 is 0. The van der Waals surface area contributed by atoms with Crippen LogP contribution in [0.15, 0.2) is 23.3 Å². The number of anilines is 1. The van der Waals surface area contributed by atoms with Crippen molar-refractivity contribution in [2.75, 3.05) is 11.4 Å². The second-order valence-electron chi connectivity index (χ2n) is 6.59. The number of nitrogens with two attached hydrogens (primary N) is 1. The zero-order valence-corrected chi connectivity index (χ0v) is 15.4. The number of benzene rings is 1. The molecule has 0 aromatic heterocycles. The molecule has 1 heterocycles. The summed E-state index contributed by atoms with van der Waals surface area (Å²) in [7, 11) is 0. The van der Waals surface area contributed by atoms with Crippen molar-refractivity contribution < 1.29 is 0 Å². The molecule has 0 spiro atoms. The number of nitrogens with zero attached hydrogens (tertiary/aromatic N) is 2. The highest BCUT2D eigenvalue weighted by Gasteiger charge is 2.30.